The molecule has 192 valence electrons. The van der Waals surface area contributed by atoms with Crippen LogP contribution in [-0.2, 0) is 26.5 Å². The Morgan fingerprint density at radius 3 is 2.50 bits per heavy atom. The van der Waals surface area contributed by atoms with Gasteiger partial charge in [-0.1, -0.05) is 61.5 Å². The highest BCUT2D eigenvalue weighted by molar-refractivity contribution is 6.07. The zero-order valence-corrected chi connectivity index (χ0v) is 21.3. The fourth-order valence-electron chi connectivity index (χ4n) is 6.06. The molecule has 1 fully saturated rings. The van der Waals surface area contributed by atoms with Crippen LogP contribution in [0.3, 0.4) is 0 Å². The van der Waals surface area contributed by atoms with Gasteiger partial charge in [0.15, 0.2) is 5.60 Å². The zero-order valence-electron chi connectivity index (χ0n) is 21.3. The second kappa shape index (κ2) is 10.2. The van der Waals surface area contributed by atoms with Crippen LogP contribution >= 0.6 is 0 Å². The molecule has 36 heavy (non-hydrogen) atoms. The molecule has 1 spiro atoms. The van der Waals surface area contributed by atoms with E-state index in [0.29, 0.717) is 13.1 Å². The maximum absolute atomic E-state index is 13.9. The molecule has 2 N–H and O–H groups in total. The van der Waals surface area contributed by atoms with E-state index in [1.807, 2.05) is 61.5 Å². The summed E-state index contributed by atoms with van der Waals surface area (Å²) in [6, 6.07) is 17.1. The number of fused-ring (bicyclic) bond motifs is 2. The van der Waals surface area contributed by atoms with Gasteiger partial charge in [-0.25, -0.2) is 0 Å². The van der Waals surface area contributed by atoms with Gasteiger partial charge in [-0.15, -0.1) is 6.58 Å². The molecular weight excluding hydrogens is 456 g/mol. The van der Waals surface area contributed by atoms with Gasteiger partial charge in [0.2, 0.25) is 5.91 Å². The minimum Gasteiger partial charge on any atom is -0.395 e. The second-order valence-corrected chi connectivity index (χ2v) is 10.3. The molecule has 4 atom stereocenters. The fourth-order valence-corrected chi connectivity index (χ4v) is 6.06. The highest BCUT2D eigenvalue weighted by atomic mass is 16.5. The molecule has 4 rings (SSSR count). The number of nitrogens with zero attached hydrogens (tertiary/aromatic N) is 2. The molecule has 2 amide bonds. The summed E-state index contributed by atoms with van der Waals surface area (Å²) in [6.07, 6.45) is 0.980. The van der Waals surface area contributed by atoms with Crippen molar-refractivity contribution in [3.05, 3.63) is 78.4 Å². The first-order valence-electron chi connectivity index (χ1n) is 12.5. The Labute approximate surface area is 213 Å². The molecule has 0 bridgehead atoms. The van der Waals surface area contributed by atoms with E-state index >= 15 is 0 Å². The number of hydrogen-bond acceptors (Lipinski definition) is 5. The Kier molecular flexibility index (Phi) is 7.36. The monoisotopic (exact) mass is 492 g/mol. The molecule has 0 unspecified atom stereocenters. The lowest BCUT2D eigenvalue weighted by molar-refractivity contribution is -0.150. The third-order valence-corrected chi connectivity index (χ3v) is 7.52. The van der Waals surface area contributed by atoms with Crippen LogP contribution in [0.4, 0.5) is 5.69 Å². The van der Waals surface area contributed by atoms with Gasteiger partial charge >= 0.3 is 0 Å². The van der Waals surface area contributed by atoms with Crippen LogP contribution in [0.5, 0.6) is 0 Å². The zero-order chi connectivity index (χ0) is 26.1. The van der Waals surface area contributed by atoms with Gasteiger partial charge in [-0.05, 0) is 25.5 Å². The number of benzene rings is 2. The molecule has 2 aliphatic rings. The van der Waals surface area contributed by atoms with Crippen LogP contribution in [0.25, 0.3) is 0 Å². The number of aliphatic hydroxyl groups is 2. The standard InChI is InChI=1S/C29H36N2O5/c1-5-15-31-23-14-10-9-13-22(23)29(27(31)34)20(2)26(28(3,4)35)24(36-29)18-25(33)30(16-17-32)19-21-11-7-6-8-12-21/h5-14,20,24,26,32,35H,1,15-19H2,2-4H3/t20-,24+,26-,29+/m1/s1. The average Bonchev–Trinajstić information content (AvgIpc) is 3.26. The van der Waals surface area contributed by atoms with E-state index in [-0.39, 0.29) is 37.3 Å². The first-order chi connectivity index (χ1) is 17.1. The van der Waals surface area contributed by atoms with Gasteiger partial charge in [0, 0.05) is 37.0 Å². The summed E-state index contributed by atoms with van der Waals surface area (Å²) >= 11 is 0. The van der Waals surface area contributed by atoms with Gasteiger partial charge in [0.25, 0.3) is 5.91 Å². The molecule has 7 nitrogen and oxygen atoms in total. The van der Waals surface area contributed by atoms with E-state index in [1.165, 1.54) is 0 Å². The van der Waals surface area contributed by atoms with Crippen LogP contribution in [0, 0.1) is 11.8 Å². The minimum atomic E-state index is -1.30. The van der Waals surface area contributed by atoms with Gasteiger partial charge in [0.1, 0.15) is 0 Å². The molecule has 0 radical (unpaired) electrons. The van der Waals surface area contributed by atoms with E-state index in [4.69, 9.17) is 4.74 Å². The molecule has 1 saturated heterocycles. The van der Waals surface area contributed by atoms with Crippen LogP contribution < -0.4 is 4.90 Å². The summed E-state index contributed by atoms with van der Waals surface area (Å²) in [5.41, 5.74) is -0.0191. The Morgan fingerprint density at radius 2 is 1.86 bits per heavy atom. The maximum atomic E-state index is 13.9. The van der Waals surface area contributed by atoms with E-state index in [0.717, 1.165) is 16.8 Å². The SMILES string of the molecule is C=CCN1C(=O)[C@@]2(O[C@@H](CC(=O)N(CCO)Cc3ccccc3)[C@H](C(C)(C)O)[C@H]2C)c2ccccc21. The number of anilines is 1. The predicted molar refractivity (Wildman–Crippen MR) is 138 cm³/mol. The van der Waals surface area contributed by atoms with Gasteiger partial charge in [0.05, 0.1) is 30.4 Å². The molecule has 7 heteroatoms. The molecule has 0 saturated carbocycles. The van der Waals surface area contributed by atoms with Crippen LogP contribution in [0.1, 0.15) is 38.3 Å². The highest BCUT2D eigenvalue weighted by Gasteiger charge is 2.65. The van der Waals surface area contributed by atoms with Crippen molar-refractivity contribution in [2.24, 2.45) is 11.8 Å². The summed E-state index contributed by atoms with van der Waals surface area (Å²) in [7, 11) is 0. The van der Waals surface area contributed by atoms with Crippen molar-refractivity contribution >= 4 is 17.5 Å². The Hall–Kier alpha value is -3.00. The molecule has 2 aliphatic heterocycles. The highest BCUT2D eigenvalue weighted by Crippen LogP contribution is 2.57. The third kappa shape index (κ3) is 4.47. The first-order valence-corrected chi connectivity index (χ1v) is 12.5. The van der Waals surface area contributed by atoms with E-state index in [1.54, 1.807) is 29.7 Å². The molecule has 0 aliphatic carbocycles. The van der Waals surface area contributed by atoms with E-state index in [9.17, 15) is 19.8 Å². The van der Waals surface area contributed by atoms with Crippen molar-refractivity contribution in [3.8, 4) is 0 Å². The molecule has 2 aromatic rings. The Morgan fingerprint density at radius 1 is 1.19 bits per heavy atom. The minimum absolute atomic E-state index is 0.00944. The van der Waals surface area contributed by atoms with E-state index < -0.39 is 23.2 Å². The van der Waals surface area contributed by atoms with Gasteiger partial charge < -0.3 is 24.7 Å². The fraction of sp³-hybridized carbons (Fsp3) is 0.448. The summed E-state index contributed by atoms with van der Waals surface area (Å²) < 4.78 is 6.63. The summed E-state index contributed by atoms with van der Waals surface area (Å²) in [5.74, 6) is -1.26. The van der Waals surface area contributed by atoms with Gasteiger partial charge in [-0.3, -0.25) is 9.59 Å². The Bertz CT molecular complexity index is 1110. The van der Waals surface area contributed by atoms with Crippen molar-refractivity contribution in [3.63, 3.8) is 0 Å². The Balaban J connectivity index is 1.68. The van der Waals surface area contributed by atoms with Crippen molar-refractivity contribution in [2.75, 3.05) is 24.6 Å². The predicted octanol–water partition coefficient (Wildman–Crippen LogP) is 3.25. The molecular formula is C29H36N2O5. The largest absolute Gasteiger partial charge is 0.395 e. The molecule has 0 aromatic heterocycles. The van der Waals surface area contributed by atoms with Crippen LogP contribution in [-0.4, -0.2) is 58.3 Å². The number of hydrogen-bond donors (Lipinski definition) is 2. The third-order valence-electron chi connectivity index (χ3n) is 7.52. The number of aliphatic hydroxyl groups excluding tert-OH is 1. The summed E-state index contributed by atoms with van der Waals surface area (Å²) in [4.78, 5) is 30.7. The normalized spacial score (nSPS) is 25.3. The van der Waals surface area contributed by atoms with E-state index in [2.05, 4.69) is 6.58 Å². The number of para-hydroxylation sites is 1. The van der Waals surface area contributed by atoms with Crippen molar-refractivity contribution < 1.29 is 24.5 Å². The summed E-state index contributed by atoms with van der Waals surface area (Å²) in [6.45, 7) is 9.85. The number of carbonyl (C=O) groups excluding carboxylic acids is 2. The van der Waals surface area contributed by atoms with Crippen LogP contribution in [0.2, 0.25) is 0 Å². The van der Waals surface area contributed by atoms with Crippen LogP contribution in [0.15, 0.2) is 67.3 Å². The number of amides is 2. The lowest BCUT2D eigenvalue weighted by Gasteiger charge is -2.34. The number of ether oxygens (including phenoxy) is 1. The molecule has 2 aromatic carbocycles. The van der Waals surface area contributed by atoms with Gasteiger partial charge in [-0.2, -0.15) is 0 Å². The van der Waals surface area contributed by atoms with Crippen molar-refractivity contribution in [2.45, 2.75) is 51.0 Å². The quantitative estimate of drug-likeness (QED) is 0.525. The lowest BCUT2D eigenvalue weighted by Crippen LogP contribution is -2.46. The number of carbonyl (C=O) groups is 2. The molecule has 2 heterocycles. The van der Waals surface area contributed by atoms with Crippen molar-refractivity contribution in [1.82, 2.24) is 4.90 Å². The topological polar surface area (TPSA) is 90.3 Å². The first kappa shape index (κ1) is 26.1. The summed E-state index contributed by atoms with van der Waals surface area (Å²) in [5, 5.41) is 20.8. The average molecular weight is 493 g/mol. The number of rotatable bonds is 9. The maximum Gasteiger partial charge on any atom is 0.264 e. The van der Waals surface area contributed by atoms with Crippen molar-refractivity contribution in [1.29, 1.82) is 0 Å². The lowest BCUT2D eigenvalue weighted by atomic mass is 9.71. The second-order valence-electron chi connectivity index (χ2n) is 10.3. The smallest absolute Gasteiger partial charge is 0.264 e.